The lowest BCUT2D eigenvalue weighted by Gasteiger charge is -2.29. The Morgan fingerprint density at radius 2 is 1.73 bits per heavy atom. The number of hydrogen-bond donors (Lipinski definition) is 2. The first kappa shape index (κ1) is 22.0. The van der Waals surface area contributed by atoms with Gasteiger partial charge >= 0.3 is 17.9 Å². The standard InChI is InChI=1S/C25H22N2O6/c1-4-14-5-10-20-17(11-14)18(22(28)29)12-21(27-20)15-6-8-16(9-7-15)26-13-19-23(30)32-25(2,3)33-24(19)31/h5-13,26H,4H2,1-3H3,(H,28,29). The fraction of sp³-hybridized carbons (Fsp3) is 0.200. The molecule has 1 saturated heterocycles. The Balaban J connectivity index is 1.60. The number of rotatable bonds is 5. The molecule has 1 fully saturated rings. The zero-order valence-corrected chi connectivity index (χ0v) is 18.3. The van der Waals surface area contributed by atoms with Gasteiger partial charge < -0.3 is 19.9 Å². The number of carbonyl (C=O) groups excluding carboxylic acids is 2. The van der Waals surface area contributed by atoms with Gasteiger partial charge in [0.1, 0.15) is 0 Å². The molecule has 0 spiro atoms. The summed E-state index contributed by atoms with van der Waals surface area (Å²) in [5.74, 6) is -3.86. The van der Waals surface area contributed by atoms with Crippen LogP contribution in [0.4, 0.5) is 5.69 Å². The molecule has 0 unspecified atom stereocenters. The first-order valence-corrected chi connectivity index (χ1v) is 10.4. The lowest BCUT2D eigenvalue weighted by atomic mass is 10.0. The molecule has 0 saturated carbocycles. The Hall–Kier alpha value is -4.20. The Bertz CT molecular complexity index is 1290. The molecule has 8 nitrogen and oxygen atoms in total. The van der Waals surface area contributed by atoms with Crippen LogP contribution < -0.4 is 5.32 Å². The Morgan fingerprint density at radius 3 is 2.33 bits per heavy atom. The molecule has 0 aliphatic carbocycles. The molecular formula is C25H22N2O6. The predicted octanol–water partition coefficient (Wildman–Crippen LogP) is 4.29. The maximum atomic E-state index is 12.0. The largest absolute Gasteiger partial charge is 0.478 e. The first-order valence-electron chi connectivity index (χ1n) is 10.4. The van der Waals surface area contributed by atoms with Crippen LogP contribution in [0.25, 0.3) is 22.2 Å². The van der Waals surface area contributed by atoms with Gasteiger partial charge in [-0.05, 0) is 42.3 Å². The maximum Gasteiger partial charge on any atom is 0.350 e. The van der Waals surface area contributed by atoms with Crippen molar-refractivity contribution in [1.82, 2.24) is 4.98 Å². The number of benzene rings is 2. The number of aryl methyl sites for hydroxylation is 1. The highest BCUT2D eigenvalue weighted by atomic mass is 16.7. The monoisotopic (exact) mass is 446 g/mol. The van der Waals surface area contributed by atoms with Gasteiger partial charge in [0.25, 0.3) is 5.79 Å². The third-order valence-electron chi connectivity index (χ3n) is 5.19. The quantitative estimate of drug-likeness (QED) is 0.339. The molecule has 1 aromatic heterocycles. The summed E-state index contributed by atoms with van der Waals surface area (Å²) in [6.07, 6.45) is 2.03. The summed E-state index contributed by atoms with van der Waals surface area (Å²) in [5, 5.41) is 13.2. The molecule has 1 aliphatic heterocycles. The SMILES string of the molecule is CCc1ccc2nc(-c3ccc(NC=C4C(=O)OC(C)(C)OC4=O)cc3)cc(C(=O)O)c2c1. The van der Waals surface area contributed by atoms with E-state index in [1.54, 1.807) is 30.3 Å². The average Bonchev–Trinajstić information content (AvgIpc) is 2.77. The van der Waals surface area contributed by atoms with Crippen LogP contribution in [0.15, 0.2) is 60.3 Å². The normalized spacial score (nSPS) is 15.1. The molecule has 2 N–H and O–H groups in total. The van der Waals surface area contributed by atoms with Gasteiger partial charge in [-0.2, -0.15) is 0 Å². The summed E-state index contributed by atoms with van der Waals surface area (Å²) >= 11 is 0. The number of carboxylic acid groups (broad SMARTS) is 1. The van der Waals surface area contributed by atoms with Crippen molar-refractivity contribution in [3.63, 3.8) is 0 Å². The fourth-order valence-corrected chi connectivity index (χ4v) is 3.49. The van der Waals surface area contributed by atoms with Gasteiger partial charge in [-0.3, -0.25) is 0 Å². The number of ether oxygens (including phenoxy) is 2. The van der Waals surface area contributed by atoms with Crippen LogP contribution >= 0.6 is 0 Å². The molecule has 1 aliphatic rings. The minimum Gasteiger partial charge on any atom is -0.478 e. The van der Waals surface area contributed by atoms with E-state index in [0.29, 0.717) is 22.3 Å². The number of esters is 2. The van der Waals surface area contributed by atoms with E-state index in [0.717, 1.165) is 17.5 Å². The molecule has 168 valence electrons. The number of fused-ring (bicyclic) bond motifs is 1. The van der Waals surface area contributed by atoms with Crippen LogP contribution in [0, 0.1) is 0 Å². The lowest BCUT2D eigenvalue weighted by molar-refractivity contribution is -0.222. The van der Waals surface area contributed by atoms with E-state index in [-0.39, 0.29) is 11.1 Å². The van der Waals surface area contributed by atoms with E-state index in [9.17, 15) is 19.5 Å². The summed E-state index contributed by atoms with van der Waals surface area (Å²) in [4.78, 5) is 40.5. The zero-order chi connectivity index (χ0) is 23.8. The van der Waals surface area contributed by atoms with Crippen molar-refractivity contribution in [3.05, 3.63) is 71.4 Å². The second-order valence-electron chi connectivity index (χ2n) is 8.02. The third-order valence-corrected chi connectivity index (χ3v) is 5.19. The number of aromatic nitrogens is 1. The third kappa shape index (κ3) is 4.55. The molecule has 0 amide bonds. The van der Waals surface area contributed by atoms with E-state index in [2.05, 4.69) is 10.3 Å². The fourth-order valence-electron chi connectivity index (χ4n) is 3.49. The Labute approximate surface area is 189 Å². The van der Waals surface area contributed by atoms with Crippen LogP contribution in [0.2, 0.25) is 0 Å². The predicted molar refractivity (Wildman–Crippen MR) is 121 cm³/mol. The Kier molecular flexibility index (Phi) is 5.59. The molecule has 33 heavy (non-hydrogen) atoms. The topological polar surface area (TPSA) is 115 Å². The molecule has 0 atom stereocenters. The maximum absolute atomic E-state index is 12.0. The zero-order valence-electron chi connectivity index (χ0n) is 18.3. The summed E-state index contributed by atoms with van der Waals surface area (Å²) in [7, 11) is 0. The van der Waals surface area contributed by atoms with Gasteiger partial charge in [0.05, 0.1) is 16.8 Å². The summed E-state index contributed by atoms with van der Waals surface area (Å²) < 4.78 is 10.1. The van der Waals surface area contributed by atoms with E-state index in [1.165, 1.54) is 20.0 Å². The number of carboxylic acids is 1. The highest BCUT2D eigenvalue weighted by Crippen LogP contribution is 2.27. The minimum atomic E-state index is -1.30. The van der Waals surface area contributed by atoms with Gasteiger partial charge in [0, 0.05) is 36.7 Å². The molecule has 0 bridgehead atoms. The number of pyridine rings is 1. The number of cyclic esters (lactones) is 2. The van der Waals surface area contributed by atoms with Crippen molar-refractivity contribution >= 4 is 34.5 Å². The van der Waals surface area contributed by atoms with E-state index in [1.807, 2.05) is 25.1 Å². The second kappa shape index (κ2) is 8.38. The molecule has 2 heterocycles. The number of aromatic carboxylic acids is 1. The van der Waals surface area contributed by atoms with Crippen LogP contribution in [-0.4, -0.2) is 33.8 Å². The summed E-state index contributed by atoms with van der Waals surface area (Å²) in [5.41, 5.74) is 3.43. The molecule has 8 heteroatoms. The number of anilines is 1. The van der Waals surface area contributed by atoms with Crippen molar-refractivity contribution < 1.29 is 29.0 Å². The van der Waals surface area contributed by atoms with Gasteiger partial charge in [-0.1, -0.05) is 25.1 Å². The Morgan fingerprint density at radius 1 is 1.06 bits per heavy atom. The molecule has 2 aromatic carbocycles. The number of nitrogens with one attached hydrogen (secondary N) is 1. The highest BCUT2D eigenvalue weighted by Gasteiger charge is 2.38. The van der Waals surface area contributed by atoms with Crippen LogP contribution in [0.3, 0.4) is 0 Å². The van der Waals surface area contributed by atoms with Crippen LogP contribution in [-0.2, 0) is 25.5 Å². The first-order chi connectivity index (χ1) is 15.7. The van der Waals surface area contributed by atoms with Crippen molar-refractivity contribution in [1.29, 1.82) is 0 Å². The number of carbonyl (C=O) groups is 3. The lowest BCUT2D eigenvalue weighted by Crippen LogP contribution is -2.42. The summed E-state index contributed by atoms with van der Waals surface area (Å²) in [6, 6.07) is 14.2. The van der Waals surface area contributed by atoms with Crippen molar-refractivity contribution in [2.75, 3.05) is 5.32 Å². The average molecular weight is 446 g/mol. The highest BCUT2D eigenvalue weighted by molar-refractivity contribution is 6.15. The van der Waals surface area contributed by atoms with Crippen LogP contribution in [0.1, 0.15) is 36.7 Å². The minimum absolute atomic E-state index is 0.189. The van der Waals surface area contributed by atoms with Gasteiger partial charge in [0.15, 0.2) is 5.57 Å². The van der Waals surface area contributed by atoms with E-state index < -0.39 is 23.7 Å². The number of nitrogens with zero attached hydrogens (tertiary/aromatic N) is 1. The molecule has 4 rings (SSSR count). The van der Waals surface area contributed by atoms with Crippen molar-refractivity contribution in [3.8, 4) is 11.3 Å². The van der Waals surface area contributed by atoms with Crippen molar-refractivity contribution in [2.45, 2.75) is 33.0 Å². The van der Waals surface area contributed by atoms with Gasteiger partial charge in [-0.15, -0.1) is 0 Å². The molecular weight excluding hydrogens is 424 g/mol. The van der Waals surface area contributed by atoms with Crippen molar-refractivity contribution in [2.24, 2.45) is 0 Å². The number of hydrogen-bond acceptors (Lipinski definition) is 7. The van der Waals surface area contributed by atoms with E-state index >= 15 is 0 Å². The summed E-state index contributed by atoms with van der Waals surface area (Å²) in [6.45, 7) is 4.96. The van der Waals surface area contributed by atoms with Crippen LogP contribution in [0.5, 0.6) is 0 Å². The smallest absolute Gasteiger partial charge is 0.350 e. The molecule has 3 aromatic rings. The molecule has 0 radical (unpaired) electrons. The second-order valence-corrected chi connectivity index (χ2v) is 8.02. The van der Waals surface area contributed by atoms with E-state index in [4.69, 9.17) is 9.47 Å². The van der Waals surface area contributed by atoms with Gasteiger partial charge in [0.2, 0.25) is 0 Å². The van der Waals surface area contributed by atoms with Gasteiger partial charge in [-0.25, -0.2) is 19.4 Å².